The van der Waals surface area contributed by atoms with E-state index in [9.17, 15) is 8.78 Å². The number of rotatable bonds is 3. The number of hydrogen-bond donors (Lipinski definition) is 1. The summed E-state index contributed by atoms with van der Waals surface area (Å²) < 4.78 is 37.5. The molecule has 0 heterocycles. The number of methoxy groups -OCH3 is 1. The first-order valence-electron chi connectivity index (χ1n) is 5.27. The van der Waals surface area contributed by atoms with Crippen LogP contribution in [0.3, 0.4) is 0 Å². The molecule has 0 unspecified atom stereocenters. The minimum Gasteiger partial charge on any atom is -0.497 e. The van der Waals surface area contributed by atoms with Gasteiger partial charge in [0.2, 0.25) is 5.82 Å². The van der Waals surface area contributed by atoms with E-state index >= 15 is 0 Å². The second-order valence-electron chi connectivity index (χ2n) is 3.71. The topological polar surface area (TPSA) is 44.5 Å². The van der Waals surface area contributed by atoms with Gasteiger partial charge in [-0.1, -0.05) is 15.9 Å². The fourth-order valence-corrected chi connectivity index (χ4v) is 1.86. The SMILES string of the molecule is COc1ccc(N)c(Oc2cc(Br)cc(F)c2F)c1. The van der Waals surface area contributed by atoms with Crippen LogP contribution in [0.2, 0.25) is 0 Å². The van der Waals surface area contributed by atoms with Gasteiger partial charge in [0.1, 0.15) is 5.75 Å². The van der Waals surface area contributed by atoms with Crippen molar-refractivity contribution in [3.63, 3.8) is 0 Å². The highest BCUT2D eigenvalue weighted by atomic mass is 79.9. The monoisotopic (exact) mass is 329 g/mol. The fourth-order valence-electron chi connectivity index (χ4n) is 1.46. The molecule has 2 N–H and O–H groups in total. The van der Waals surface area contributed by atoms with E-state index in [-0.39, 0.29) is 11.5 Å². The average Bonchev–Trinajstić information content (AvgIpc) is 2.38. The van der Waals surface area contributed by atoms with Gasteiger partial charge in [0.25, 0.3) is 0 Å². The molecule has 2 aromatic carbocycles. The molecule has 3 nitrogen and oxygen atoms in total. The van der Waals surface area contributed by atoms with Crippen LogP contribution in [0, 0.1) is 11.6 Å². The normalized spacial score (nSPS) is 10.3. The van der Waals surface area contributed by atoms with Gasteiger partial charge < -0.3 is 15.2 Å². The minimum atomic E-state index is -1.08. The second kappa shape index (κ2) is 5.44. The van der Waals surface area contributed by atoms with E-state index in [2.05, 4.69) is 15.9 Å². The molecular weight excluding hydrogens is 320 g/mol. The Hall–Kier alpha value is -1.82. The molecule has 6 heteroatoms. The van der Waals surface area contributed by atoms with Crippen molar-refractivity contribution in [1.29, 1.82) is 0 Å². The summed E-state index contributed by atoms with van der Waals surface area (Å²) in [5.74, 6) is -1.65. The smallest absolute Gasteiger partial charge is 0.201 e. The molecule has 0 aliphatic carbocycles. The molecule has 2 rings (SSSR count). The standard InChI is InChI=1S/C13H10BrF2NO2/c1-18-8-2-3-10(17)11(6-8)19-12-5-7(14)4-9(15)13(12)16/h2-6H,17H2,1H3. The molecule has 0 radical (unpaired) electrons. The number of nitrogens with two attached hydrogens (primary N) is 1. The van der Waals surface area contributed by atoms with Crippen molar-refractivity contribution in [1.82, 2.24) is 0 Å². The zero-order valence-corrected chi connectivity index (χ0v) is 11.5. The molecule has 0 bridgehead atoms. The Morgan fingerprint density at radius 1 is 1.11 bits per heavy atom. The summed E-state index contributed by atoms with van der Waals surface area (Å²) >= 11 is 3.06. The van der Waals surface area contributed by atoms with Crippen LogP contribution >= 0.6 is 15.9 Å². The first-order valence-corrected chi connectivity index (χ1v) is 6.06. The highest BCUT2D eigenvalue weighted by Gasteiger charge is 2.14. The number of halogens is 3. The number of anilines is 1. The lowest BCUT2D eigenvalue weighted by Crippen LogP contribution is -1.96. The molecule has 0 saturated carbocycles. The summed E-state index contributed by atoms with van der Waals surface area (Å²) in [6.07, 6.45) is 0. The molecule has 100 valence electrons. The van der Waals surface area contributed by atoms with Crippen LogP contribution in [0.4, 0.5) is 14.5 Å². The molecule has 0 aliphatic heterocycles. The van der Waals surface area contributed by atoms with Gasteiger partial charge in [0.15, 0.2) is 17.3 Å². The minimum absolute atomic E-state index is 0.191. The molecule has 0 aromatic heterocycles. The average molecular weight is 330 g/mol. The number of benzene rings is 2. The number of ether oxygens (including phenoxy) is 2. The lowest BCUT2D eigenvalue weighted by atomic mass is 10.2. The zero-order valence-electron chi connectivity index (χ0n) is 9.91. The lowest BCUT2D eigenvalue weighted by molar-refractivity contribution is 0.400. The van der Waals surface area contributed by atoms with Crippen molar-refractivity contribution >= 4 is 21.6 Å². The van der Waals surface area contributed by atoms with Gasteiger partial charge in [-0.25, -0.2) is 4.39 Å². The first-order chi connectivity index (χ1) is 9.01. The Kier molecular flexibility index (Phi) is 3.90. The van der Waals surface area contributed by atoms with Gasteiger partial charge >= 0.3 is 0 Å². The van der Waals surface area contributed by atoms with Crippen molar-refractivity contribution < 1.29 is 18.3 Å². The summed E-state index contributed by atoms with van der Waals surface area (Å²) in [4.78, 5) is 0. The van der Waals surface area contributed by atoms with Crippen molar-refractivity contribution in [3.8, 4) is 17.2 Å². The Morgan fingerprint density at radius 3 is 2.53 bits per heavy atom. The highest BCUT2D eigenvalue weighted by molar-refractivity contribution is 9.10. The maximum Gasteiger partial charge on any atom is 0.201 e. The molecular formula is C13H10BrF2NO2. The quantitative estimate of drug-likeness (QED) is 0.680. The van der Waals surface area contributed by atoms with Crippen LogP contribution in [0.1, 0.15) is 0 Å². The van der Waals surface area contributed by atoms with Crippen molar-refractivity contribution in [2.24, 2.45) is 0 Å². The van der Waals surface area contributed by atoms with Crippen molar-refractivity contribution in [2.45, 2.75) is 0 Å². The summed E-state index contributed by atoms with van der Waals surface area (Å²) in [5, 5.41) is 0. The molecule has 0 fully saturated rings. The summed E-state index contributed by atoms with van der Waals surface area (Å²) in [5.41, 5.74) is 6.00. The van der Waals surface area contributed by atoms with E-state index in [1.807, 2.05) is 0 Å². The number of nitrogen functional groups attached to an aromatic ring is 1. The van der Waals surface area contributed by atoms with Crippen LogP contribution in [0.25, 0.3) is 0 Å². The van der Waals surface area contributed by atoms with Gasteiger partial charge in [-0.05, 0) is 24.3 Å². The van der Waals surface area contributed by atoms with E-state index in [0.29, 0.717) is 15.9 Å². The zero-order chi connectivity index (χ0) is 14.0. The van der Waals surface area contributed by atoms with Crippen molar-refractivity contribution in [3.05, 3.63) is 46.4 Å². The maximum absolute atomic E-state index is 13.6. The first kappa shape index (κ1) is 13.6. The predicted molar refractivity (Wildman–Crippen MR) is 71.5 cm³/mol. The summed E-state index contributed by atoms with van der Waals surface area (Å²) in [6.45, 7) is 0. The van der Waals surface area contributed by atoms with E-state index in [1.165, 1.54) is 19.2 Å². The van der Waals surface area contributed by atoms with Crippen LogP contribution < -0.4 is 15.2 Å². The Balaban J connectivity index is 2.41. The Bertz CT molecular complexity index is 620. The van der Waals surface area contributed by atoms with Gasteiger partial charge in [-0.2, -0.15) is 4.39 Å². The molecule has 0 atom stereocenters. The van der Waals surface area contributed by atoms with Crippen LogP contribution in [-0.4, -0.2) is 7.11 Å². The van der Waals surface area contributed by atoms with Crippen LogP contribution in [0.15, 0.2) is 34.8 Å². The molecule has 0 aliphatic rings. The van der Waals surface area contributed by atoms with E-state index in [4.69, 9.17) is 15.2 Å². The van der Waals surface area contributed by atoms with Gasteiger partial charge in [0, 0.05) is 10.5 Å². The van der Waals surface area contributed by atoms with Crippen molar-refractivity contribution in [2.75, 3.05) is 12.8 Å². The summed E-state index contributed by atoms with van der Waals surface area (Å²) in [6, 6.07) is 7.02. The van der Waals surface area contributed by atoms with E-state index in [0.717, 1.165) is 6.07 Å². The summed E-state index contributed by atoms with van der Waals surface area (Å²) in [7, 11) is 1.48. The Labute approximate surface area is 117 Å². The third kappa shape index (κ3) is 2.96. The van der Waals surface area contributed by atoms with E-state index in [1.54, 1.807) is 12.1 Å². The highest BCUT2D eigenvalue weighted by Crippen LogP contribution is 2.34. The third-order valence-corrected chi connectivity index (χ3v) is 2.86. The van der Waals surface area contributed by atoms with Crippen LogP contribution in [0.5, 0.6) is 17.2 Å². The third-order valence-electron chi connectivity index (χ3n) is 2.40. The van der Waals surface area contributed by atoms with E-state index < -0.39 is 11.6 Å². The van der Waals surface area contributed by atoms with Gasteiger partial charge in [-0.15, -0.1) is 0 Å². The molecule has 0 saturated heterocycles. The number of hydrogen-bond acceptors (Lipinski definition) is 3. The Morgan fingerprint density at radius 2 is 1.84 bits per heavy atom. The predicted octanol–water partition coefficient (Wildman–Crippen LogP) is 4.11. The lowest BCUT2D eigenvalue weighted by Gasteiger charge is -2.11. The van der Waals surface area contributed by atoms with Crippen LogP contribution in [-0.2, 0) is 0 Å². The maximum atomic E-state index is 13.6. The van der Waals surface area contributed by atoms with Gasteiger partial charge in [0.05, 0.1) is 12.8 Å². The molecule has 0 amide bonds. The second-order valence-corrected chi connectivity index (χ2v) is 4.62. The molecule has 19 heavy (non-hydrogen) atoms. The molecule has 0 spiro atoms. The fraction of sp³-hybridized carbons (Fsp3) is 0.0769. The van der Waals surface area contributed by atoms with Gasteiger partial charge in [-0.3, -0.25) is 0 Å². The molecule has 2 aromatic rings. The largest absolute Gasteiger partial charge is 0.497 e.